The van der Waals surface area contributed by atoms with Crippen molar-refractivity contribution < 1.29 is 14.6 Å². The fourth-order valence-corrected chi connectivity index (χ4v) is 3.85. The molecule has 0 amide bonds. The Hall–Kier alpha value is -3.40. The molecule has 158 valence electrons. The monoisotopic (exact) mass is 416 g/mol. The number of hydrogen-bond acceptors (Lipinski definition) is 5. The van der Waals surface area contributed by atoms with Gasteiger partial charge < -0.3 is 19.1 Å². The second kappa shape index (κ2) is 8.38. The van der Waals surface area contributed by atoms with Crippen molar-refractivity contribution in [3.63, 3.8) is 0 Å². The van der Waals surface area contributed by atoms with Crippen LogP contribution in [0.3, 0.4) is 0 Å². The number of rotatable bonds is 5. The molecule has 1 aliphatic rings. The van der Waals surface area contributed by atoms with Gasteiger partial charge in [0.1, 0.15) is 17.5 Å². The van der Waals surface area contributed by atoms with E-state index in [2.05, 4.69) is 6.07 Å². The molecule has 6 heteroatoms. The summed E-state index contributed by atoms with van der Waals surface area (Å²) >= 11 is 0. The molecule has 2 aromatic carbocycles. The maximum absolute atomic E-state index is 13.0. The number of fused-ring (bicyclic) bond motifs is 1. The van der Waals surface area contributed by atoms with Crippen molar-refractivity contribution >= 4 is 0 Å². The van der Waals surface area contributed by atoms with Gasteiger partial charge in [0.25, 0.3) is 5.56 Å². The maximum atomic E-state index is 13.0. The third kappa shape index (κ3) is 4.24. The Morgan fingerprint density at radius 2 is 1.84 bits per heavy atom. The molecule has 6 nitrogen and oxygen atoms in total. The average Bonchev–Trinajstić information content (AvgIpc) is 2.76. The first kappa shape index (κ1) is 20.9. The highest BCUT2D eigenvalue weighted by molar-refractivity contribution is 5.46. The first-order valence-corrected chi connectivity index (χ1v) is 10.1. The van der Waals surface area contributed by atoms with Crippen LogP contribution in [0.5, 0.6) is 5.75 Å². The van der Waals surface area contributed by atoms with E-state index < -0.39 is 17.7 Å². The molecule has 1 aliphatic heterocycles. The second-order valence-electron chi connectivity index (χ2n) is 8.22. The van der Waals surface area contributed by atoms with Crippen LogP contribution in [0.25, 0.3) is 0 Å². The Bertz CT molecular complexity index is 1180. The molecular formula is C25H24N2O4. The fourth-order valence-electron chi connectivity index (χ4n) is 3.85. The molecule has 0 spiro atoms. The lowest BCUT2D eigenvalue weighted by Gasteiger charge is -2.42. The molecule has 2 heterocycles. The molecule has 0 fully saturated rings. The Morgan fingerprint density at radius 1 is 1.10 bits per heavy atom. The van der Waals surface area contributed by atoms with Crippen molar-refractivity contribution in [2.24, 2.45) is 0 Å². The Labute approximate surface area is 180 Å². The lowest BCUT2D eigenvalue weighted by atomic mass is 9.85. The van der Waals surface area contributed by atoms with Gasteiger partial charge in [-0.25, -0.2) is 0 Å². The molecule has 2 unspecified atom stereocenters. The molecule has 0 saturated heterocycles. The van der Waals surface area contributed by atoms with E-state index >= 15 is 0 Å². The van der Waals surface area contributed by atoms with Crippen molar-refractivity contribution in [3.8, 4) is 11.8 Å². The van der Waals surface area contributed by atoms with Crippen LogP contribution >= 0.6 is 0 Å². The SMILES string of the molecule is CC1(C)Oc2ccc(C#N)cc2C(n2ccc(COCc3ccccc3)cc2=O)C1O. The van der Waals surface area contributed by atoms with Crippen molar-refractivity contribution in [2.75, 3.05) is 0 Å². The van der Waals surface area contributed by atoms with Gasteiger partial charge in [-0.3, -0.25) is 4.79 Å². The summed E-state index contributed by atoms with van der Waals surface area (Å²) in [6, 6.07) is 19.7. The summed E-state index contributed by atoms with van der Waals surface area (Å²) in [6.45, 7) is 4.33. The minimum absolute atomic E-state index is 0.254. The van der Waals surface area contributed by atoms with E-state index in [-0.39, 0.29) is 5.56 Å². The van der Waals surface area contributed by atoms with Gasteiger partial charge >= 0.3 is 0 Å². The zero-order chi connectivity index (χ0) is 22.0. The average molecular weight is 416 g/mol. The van der Waals surface area contributed by atoms with Crippen molar-refractivity contribution in [1.82, 2.24) is 4.57 Å². The van der Waals surface area contributed by atoms with Gasteiger partial charge in [-0.1, -0.05) is 30.3 Å². The molecule has 0 aliphatic carbocycles. The van der Waals surface area contributed by atoms with Crippen LogP contribution in [0.15, 0.2) is 71.7 Å². The van der Waals surface area contributed by atoms with Crippen LogP contribution in [0.4, 0.5) is 0 Å². The largest absolute Gasteiger partial charge is 0.485 e. The number of aliphatic hydroxyl groups excluding tert-OH is 1. The van der Waals surface area contributed by atoms with E-state index in [1.165, 1.54) is 10.6 Å². The van der Waals surface area contributed by atoms with Crippen molar-refractivity contribution in [2.45, 2.75) is 44.8 Å². The van der Waals surface area contributed by atoms with Gasteiger partial charge in [0.15, 0.2) is 0 Å². The summed E-state index contributed by atoms with van der Waals surface area (Å²) in [5, 5.41) is 20.3. The van der Waals surface area contributed by atoms with Crippen LogP contribution in [0.1, 0.15) is 42.1 Å². The lowest BCUT2D eigenvalue weighted by Crippen LogP contribution is -2.52. The molecule has 4 rings (SSSR count). The topological polar surface area (TPSA) is 84.5 Å². The van der Waals surface area contributed by atoms with Gasteiger partial charge in [0.2, 0.25) is 0 Å². The number of benzene rings is 2. The number of nitriles is 1. The molecular weight excluding hydrogens is 392 g/mol. The third-order valence-electron chi connectivity index (χ3n) is 5.53. The zero-order valence-corrected chi connectivity index (χ0v) is 17.5. The first-order chi connectivity index (χ1) is 14.9. The Kier molecular flexibility index (Phi) is 5.64. The van der Waals surface area contributed by atoms with Gasteiger partial charge in [-0.15, -0.1) is 0 Å². The predicted octanol–water partition coefficient (Wildman–Crippen LogP) is 3.56. The van der Waals surface area contributed by atoms with Gasteiger partial charge in [0, 0.05) is 17.8 Å². The van der Waals surface area contributed by atoms with Gasteiger partial charge in [0.05, 0.1) is 30.9 Å². The smallest absolute Gasteiger partial charge is 0.251 e. The molecule has 2 atom stereocenters. The number of aliphatic hydroxyl groups is 1. The number of hydrogen-bond donors (Lipinski definition) is 1. The number of nitrogens with zero attached hydrogens (tertiary/aromatic N) is 2. The van der Waals surface area contributed by atoms with E-state index in [4.69, 9.17) is 9.47 Å². The lowest BCUT2D eigenvalue weighted by molar-refractivity contribution is -0.0643. The van der Waals surface area contributed by atoms with Crippen LogP contribution in [-0.4, -0.2) is 21.4 Å². The molecule has 3 aromatic rings. The van der Waals surface area contributed by atoms with E-state index in [1.807, 2.05) is 36.4 Å². The quantitative estimate of drug-likeness (QED) is 0.688. The Morgan fingerprint density at radius 3 is 2.55 bits per heavy atom. The molecule has 1 aromatic heterocycles. The van der Waals surface area contributed by atoms with Crippen molar-refractivity contribution in [3.05, 3.63) is 99.5 Å². The van der Waals surface area contributed by atoms with Gasteiger partial charge in [-0.2, -0.15) is 5.26 Å². The minimum Gasteiger partial charge on any atom is -0.485 e. The zero-order valence-electron chi connectivity index (χ0n) is 17.5. The molecule has 0 bridgehead atoms. The number of ether oxygens (including phenoxy) is 2. The molecule has 1 N–H and O–H groups in total. The highest BCUT2D eigenvalue weighted by Crippen LogP contribution is 2.41. The van der Waals surface area contributed by atoms with Crippen molar-refractivity contribution in [1.29, 1.82) is 5.26 Å². The first-order valence-electron chi connectivity index (χ1n) is 10.1. The van der Waals surface area contributed by atoms with Crippen LogP contribution in [-0.2, 0) is 18.0 Å². The fraction of sp³-hybridized carbons (Fsp3) is 0.280. The van der Waals surface area contributed by atoms with Gasteiger partial charge in [-0.05, 0) is 49.2 Å². The highest BCUT2D eigenvalue weighted by atomic mass is 16.5. The van der Waals surface area contributed by atoms with E-state index in [0.29, 0.717) is 30.1 Å². The Balaban J connectivity index is 1.61. The summed E-state index contributed by atoms with van der Waals surface area (Å²) in [6.07, 6.45) is 0.689. The normalized spacial score (nSPS) is 19.2. The summed E-state index contributed by atoms with van der Waals surface area (Å²) in [4.78, 5) is 13.0. The number of aromatic nitrogens is 1. The van der Waals surface area contributed by atoms with E-state index in [1.54, 1.807) is 38.2 Å². The molecule has 31 heavy (non-hydrogen) atoms. The van der Waals surface area contributed by atoms with E-state index in [0.717, 1.165) is 11.1 Å². The van der Waals surface area contributed by atoms with Crippen LogP contribution < -0.4 is 10.3 Å². The summed E-state index contributed by atoms with van der Waals surface area (Å²) in [5.41, 5.74) is 1.72. The molecule has 0 saturated carbocycles. The highest BCUT2D eigenvalue weighted by Gasteiger charge is 2.44. The van der Waals surface area contributed by atoms with E-state index in [9.17, 15) is 15.2 Å². The standard InChI is InChI=1S/C25H24N2O4/c1-25(2)24(29)23(20-12-18(14-26)8-9-21(20)31-25)27-11-10-19(13-22(27)28)16-30-15-17-6-4-3-5-7-17/h3-13,23-24,29H,15-16H2,1-2H3. The summed E-state index contributed by atoms with van der Waals surface area (Å²) < 4.78 is 13.2. The minimum atomic E-state index is -0.980. The third-order valence-corrected chi connectivity index (χ3v) is 5.53. The summed E-state index contributed by atoms with van der Waals surface area (Å²) in [7, 11) is 0. The van der Waals surface area contributed by atoms with Crippen LogP contribution in [0.2, 0.25) is 0 Å². The maximum Gasteiger partial charge on any atom is 0.251 e. The molecule has 0 radical (unpaired) electrons. The van der Waals surface area contributed by atoms with Crippen LogP contribution in [0, 0.1) is 11.3 Å². The number of pyridine rings is 1. The predicted molar refractivity (Wildman–Crippen MR) is 116 cm³/mol. The summed E-state index contributed by atoms with van der Waals surface area (Å²) in [5.74, 6) is 0.557. The second-order valence-corrected chi connectivity index (χ2v) is 8.22.